The number of nitrogen functional groups attached to an aromatic ring is 1. The molecule has 0 atom stereocenters. The number of hydrogen-bond donors (Lipinski definition) is 2. The summed E-state index contributed by atoms with van der Waals surface area (Å²) in [5.74, 6) is -0.344. The Morgan fingerprint density at radius 1 is 1.50 bits per heavy atom. The zero-order valence-electron chi connectivity index (χ0n) is 7.10. The molecule has 0 bridgehead atoms. The average molecular weight is 168 g/mol. The summed E-state index contributed by atoms with van der Waals surface area (Å²) in [7, 11) is 1.88. The molecule has 0 aliphatic carbocycles. The summed E-state index contributed by atoms with van der Waals surface area (Å²) < 4.78 is 12.7. The standard InChI is InChI=1S/C9H13FN2/c1-12-5-4-7-2-3-8(10)9(11)6-7/h2-3,6,12H,4-5,11H2,1H3. The lowest BCUT2D eigenvalue weighted by Gasteiger charge is -2.02. The summed E-state index contributed by atoms with van der Waals surface area (Å²) in [4.78, 5) is 0. The van der Waals surface area contributed by atoms with Crippen molar-refractivity contribution in [3.63, 3.8) is 0 Å². The monoisotopic (exact) mass is 168 g/mol. The Morgan fingerprint density at radius 3 is 2.83 bits per heavy atom. The molecule has 0 radical (unpaired) electrons. The van der Waals surface area contributed by atoms with Crippen LogP contribution in [-0.4, -0.2) is 13.6 Å². The van der Waals surface area contributed by atoms with E-state index < -0.39 is 0 Å². The molecule has 66 valence electrons. The molecule has 2 nitrogen and oxygen atoms in total. The zero-order chi connectivity index (χ0) is 8.97. The van der Waals surface area contributed by atoms with Gasteiger partial charge in [0.05, 0.1) is 5.69 Å². The van der Waals surface area contributed by atoms with Gasteiger partial charge in [-0.25, -0.2) is 4.39 Å². The van der Waals surface area contributed by atoms with Crippen molar-refractivity contribution in [2.24, 2.45) is 0 Å². The molecular weight excluding hydrogens is 155 g/mol. The van der Waals surface area contributed by atoms with Gasteiger partial charge in [0.2, 0.25) is 0 Å². The first-order valence-corrected chi connectivity index (χ1v) is 3.92. The summed E-state index contributed by atoms with van der Waals surface area (Å²) in [6.45, 7) is 0.880. The third-order valence-corrected chi connectivity index (χ3v) is 1.72. The van der Waals surface area contributed by atoms with Gasteiger partial charge in [-0.05, 0) is 37.7 Å². The topological polar surface area (TPSA) is 38.0 Å². The highest BCUT2D eigenvalue weighted by atomic mass is 19.1. The van der Waals surface area contributed by atoms with Gasteiger partial charge < -0.3 is 11.1 Å². The highest BCUT2D eigenvalue weighted by molar-refractivity contribution is 5.42. The van der Waals surface area contributed by atoms with Crippen LogP contribution in [0.3, 0.4) is 0 Å². The van der Waals surface area contributed by atoms with E-state index in [-0.39, 0.29) is 11.5 Å². The van der Waals surface area contributed by atoms with Crippen LogP contribution in [0, 0.1) is 5.82 Å². The van der Waals surface area contributed by atoms with E-state index in [1.54, 1.807) is 12.1 Å². The van der Waals surface area contributed by atoms with Crippen LogP contribution in [0.1, 0.15) is 5.56 Å². The van der Waals surface area contributed by atoms with Gasteiger partial charge >= 0.3 is 0 Å². The second kappa shape index (κ2) is 4.07. The molecule has 1 aromatic carbocycles. The van der Waals surface area contributed by atoms with Gasteiger partial charge in [0.25, 0.3) is 0 Å². The first-order chi connectivity index (χ1) is 5.74. The third-order valence-electron chi connectivity index (χ3n) is 1.72. The number of nitrogens with two attached hydrogens (primary N) is 1. The minimum Gasteiger partial charge on any atom is -0.396 e. The predicted octanol–water partition coefficient (Wildman–Crippen LogP) is 1.17. The molecule has 0 fully saturated rings. The van der Waals surface area contributed by atoms with Gasteiger partial charge in [-0.3, -0.25) is 0 Å². The molecule has 1 rings (SSSR count). The van der Waals surface area contributed by atoms with Gasteiger partial charge in [-0.15, -0.1) is 0 Å². The molecule has 0 spiro atoms. The van der Waals surface area contributed by atoms with E-state index in [2.05, 4.69) is 5.32 Å². The number of anilines is 1. The number of likely N-dealkylation sites (N-methyl/N-ethyl adjacent to an activating group) is 1. The summed E-state index contributed by atoms with van der Waals surface area (Å²) >= 11 is 0. The number of nitrogens with one attached hydrogen (secondary N) is 1. The van der Waals surface area contributed by atoms with Crippen LogP contribution in [0.2, 0.25) is 0 Å². The van der Waals surface area contributed by atoms with Crippen LogP contribution in [0.5, 0.6) is 0 Å². The average Bonchev–Trinajstić information content (AvgIpc) is 2.07. The van der Waals surface area contributed by atoms with Crippen LogP contribution in [0.25, 0.3) is 0 Å². The second-order valence-corrected chi connectivity index (χ2v) is 2.71. The lowest BCUT2D eigenvalue weighted by atomic mass is 10.1. The van der Waals surface area contributed by atoms with Crippen molar-refractivity contribution in [1.82, 2.24) is 5.32 Å². The Bertz CT molecular complexity index is 261. The maximum atomic E-state index is 12.7. The van der Waals surface area contributed by atoms with E-state index >= 15 is 0 Å². The maximum absolute atomic E-state index is 12.7. The molecule has 1 aromatic rings. The van der Waals surface area contributed by atoms with Crippen LogP contribution in [0.4, 0.5) is 10.1 Å². The lowest BCUT2D eigenvalue weighted by Crippen LogP contribution is -2.10. The number of benzene rings is 1. The Hall–Kier alpha value is -1.09. The van der Waals surface area contributed by atoms with Crippen molar-refractivity contribution in [3.05, 3.63) is 29.6 Å². The molecule has 0 heterocycles. The summed E-state index contributed by atoms with van der Waals surface area (Å²) in [5, 5.41) is 3.02. The van der Waals surface area contributed by atoms with Gasteiger partial charge in [-0.1, -0.05) is 6.07 Å². The van der Waals surface area contributed by atoms with Crippen LogP contribution in [0.15, 0.2) is 18.2 Å². The van der Waals surface area contributed by atoms with Crippen LogP contribution >= 0.6 is 0 Å². The van der Waals surface area contributed by atoms with Crippen molar-refractivity contribution < 1.29 is 4.39 Å². The molecule has 3 heteroatoms. The van der Waals surface area contributed by atoms with E-state index in [1.807, 2.05) is 7.05 Å². The van der Waals surface area contributed by atoms with E-state index in [0.717, 1.165) is 18.5 Å². The van der Waals surface area contributed by atoms with E-state index in [1.165, 1.54) is 6.07 Å². The van der Waals surface area contributed by atoms with Crippen LogP contribution < -0.4 is 11.1 Å². The number of rotatable bonds is 3. The highest BCUT2D eigenvalue weighted by Gasteiger charge is 1.98. The quantitative estimate of drug-likeness (QED) is 0.665. The second-order valence-electron chi connectivity index (χ2n) is 2.71. The van der Waals surface area contributed by atoms with E-state index in [4.69, 9.17) is 5.73 Å². The Morgan fingerprint density at radius 2 is 2.25 bits per heavy atom. The van der Waals surface area contributed by atoms with E-state index in [9.17, 15) is 4.39 Å². The fraction of sp³-hybridized carbons (Fsp3) is 0.333. The van der Waals surface area contributed by atoms with Gasteiger partial charge in [0.1, 0.15) is 5.82 Å². The number of halogens is 1. The van der Waals surface area contributed by atoms with Crippen molar-refractivity contribution in [1.29, 1.82) is 0 Å². The largest absolute Gasteiger partial charge is 0.396 e. The zero-order valence-corrected chi connectivity index (χ0v) is 7.10. The fourth-order valence-electron chi connectivity index (χ4n) is 1.02. The molecule has 3 N–H and O–H groups in total. The predicted molar refractivity (Wildman–Crippen MR) is 48.4 cm³/mol. The molecule has 0 saturated heterocycles. The van der Waals surface area contributed by atoms with Gasteiger partial charge in [0, 0.05) is 0 Å². The highest BCUT2D eigenvalue weighted by Crippen LogP contribution is 2.12. The summed E-state index contributed by atoms with van der Waals surface area (Å²) in [6.07, 6.45) is 0.876. The maximum Gasteiger partial charge on any atom is 0.146 e. The number of hydrogen-bond acceptors (Lipinski definition) is 2. The molecule has 0 saturated carbocycles. The smallest absolute Gasteiger partial charge is 0.146 e. The molecule has 0 aliphatic heterocycles. The third kappa shape index (κ3) is 2.20. The molecule has 12 heavy (non-hydrogen) atoms. The first kappa shape index (κ1) is 9.00. The minimum absolute atomic E-state index is 0.226. The molecule has 0 aliphatic rings. The first-order valence-electron chi connectivity index (χ1n) is 3.92. The van der Waals surface area contributed by atoms with Crippen molar-refractivity contribution >= 4 is 5.69 Å². The fourth-order valence-corrected chi connectivity index (χ4v) is 1.02. The van der Waals surface area contributed by atoms with Crippen molar-refractivity contribution in [2.75, 3.05) is 19.3 Å². The van der Waals surface area contributed by atoms with Crippen LogP contribution in [-0.2, 0) is 6.42 Å². The molecule has 0 amide bonds. The van der Waals surface area contributed by atoms with Gasteiger partial charge in [0.15, 0.2) is 0 Å². The van der Waals surface area contributed by atoms with Crippen molar-refractivity contribution in [2.45, 2.75) is 6.42 Å². The summed E-state index contributed by atoms with van der Waals surface area (Å²) in [6, 6.07) is 4.83. The lowest BCUT2D eigenvalue weighted by molar-refractivity contribution is 0.631. The Labute approximate surface area is 71.6 Å². The molecule has 0 unspecified atom stereocenters. The van der Waals surface area contributed by atoms with E-state index in [0.29, 0.717) is 0 Å². The van der Waals surface area contributed by atoms with Crippen molar-refractivity contribution in [3.8, 4) is 0 Å². The molecule has 0 aromatic heterocycles. The SMILES string of the molecule is CNCCc1ccc(F)c(N)c1. The minimum atomic E-state index is -0.344. The van der Waals surface area contributed by atoms with Gasteiger partial charge in [-0.2, -0.15) is 0 Å². The Kier molecular flexibility index (Phi) is 3.05. The summed E-state index contributed by atoms with van der Waals surface area (Å²) in [5.41, 5.74) is 6.68. The Balaban J connectivity index is 2.69. The normalized spacial score (nSPS) is 10.2. The molecular formula is C9H13FN2.